The fraction of sp³-hybridized carbons (Fsp3) is 0.600. The summed E-state index contributed by atoms with van der Waals surface area (Å²) in [6.07, 6.45) is -0.0164. The van der Waals surface area contributed by atoms with Crippen LogP contribution in [0, 0.1) is 0 Å². The van der Waals surface area contributed by atoms with Crippen LogP contribution >= 0.6 is 7.60 Å². The Morgan fingerprint density at radius 3 is 1.36 bits per heavy atom. The molecule has 36 heavy (non-hydrogen) atoms. The van der Waals surface area contributed by atoms with Gasteiger partial charge >= 0.3 is 7.60 Å². The van der Waals surface area contributed by atoms with Crippen LogP contribution in [0.1, 0.15) is 122 Å². The summed E-state index contributed by atoms with van der Waals surface area (Å²) in [4.78, 5) is 19.9. The first-order valence-electron chi connectivity index (χ1n) is 12.6. The average molecular weight is 519 g/mol. The number of rotatable bonds is 4. The lowest BCUT2D eigenvalue weighted by Crippen LogP contribution is -2.22. The molecular formula is C30H47O5P. The summed E-state index contributed by atoms with van der Waals surface area (Å²) in [5, 5.41) is 22.7. The smallest absolute Gasteiger partial charge is 0.329 e. The summed E-state index contributed by atoms with van der Waals surface area (Å²) in [6.45, 7) is 24.3. The molecule has 6 heteroatoms. The SMILES string of the molecule is CC(C)(C)c1cc(Cc2c(CP(=O)(O)O)cc(C(C)(C)C)c(O)c2C(C)(C)C)cc(C(C)(C)C)c1O. The zero-order chi connectivity index (χ0) is 28.2. The molecule has 0 atom stereocenters. The fourth-order valence-electron chi connectivity index (χ4n) is 4.86. The highest BCUT2D eigenvalue weighted by atomic mass is 31.2. The van der Waals surface area contributed by atoms with Crippen LogP contribution in [0.2, 0.25) is 0 Å². The molecule has 0 spiro atoms. The van der Waals surface area contributed by atoms with Crippen molar-refractivity contribution in [2.45, 2.75) is 117 Å². The maximum Gasteiger partial charge on any atom is 0.329 e. The third-order valence-electron chi connectivity index (χ3n) is 6.60. The number of hydrogen-bond acceptors (Lipinski definition) is 3. The molecule has 202 valence electrons. The van der Waals surface area contributed by atoms with Crippen molar-refractivity contribution in [1.82, 2.24) is 0 Å². The molecule has 0 aliphatic carbocycles. The van der Waals surface area contributed by atoms with E-state index in [0.29, 0.717) is 23.1 Å². The van der Waals surface area contributed by atoms with Crippen LogP contribution in [-0.2, 0) is 38.8 Å². The standard InChI is InChI=1S/C30H47O5P/c1-27(2,3)21-14-18(15-22(25(21)31)28(4,5)6)13-20-19(17-36(33,34)35)16-23(29(7,8)9)26(32)24(20)30(10,11)12/h14-16,31-32H,13,17H2,1-12H3,(H2,33,34,35). The Morgan fingerprint density at radius 2 is 1.03 bits per heavy atom. The van der Waals surface area contributed by atoms with E-state index < -0.39 is 24.6 Å². The molecule has 5 nitrogen and oxygen atoms in total. The zero-order valence-corrected chi connectivity index (χ0v) is 25.2. The van der Waals surface area contributed by atoms with Crippen LogP contribution in [0.25, 0.3) is 0 Å². The second-order valence-corrected chi connectivity index (χ2v) is 16.0. The van der Waals surface area contributed by atoms with E-state index in [1.807, 2.05) is 53.7 Å². The molecule has 0 saturated carbocycles. The lowest BCUT2D eigenvalue weighted by atomic mass is 9.74. The Bertz CT molecular complexity index is 1140. The average Bonchev–Trinajstić information content (AvgIpc) is 2.60. The van der Waals surface area contributed by atoms with Crippen molar-refractivity contribution >= 4 is 7.60 Å². The van der Waals surface area contributed by atoms with Crippen molar-refractivity contribution in [2.24, 2.45) is 0 Å². The first-order valence-corrected chi connectivity index (χ1v) is 14.4. The van der Waals surface area contributed by atoms with E-state index in [1.54, 1.807) is 6.07 Å². The van der Waals surface area contributed by atoms with Gasteiger partial charge < -0.3 is 20.0 Å². The molecule has 0 unspecified atom stereocenters. The molecule has 0 aromatic heterocycles. The Morgan fingerprint density at radius 1 is 0.639 bits per heavy atom. The van der Waals surface area contributed by atoms with Crippen LogP contribution < -0.4 is 0 Å². The highest BCUT2D eigenvalue weighted by Crippen LogP contribution is 2.48. The van der Waals surface area contributed by atoms with Gasteiger partial charge in [-0.2, -0.15) is 0 Å². The van der Waals surface area contributed by atoms with Crippen LogP contribution in [0.3, 0.4) is 0 Å². The second-order valence-electron chi connectivity index (χ2n) is 14.3. The zero-order valence-electron chi connectivity index (χ0n) is 24.3. The molecule has 0 saturated heterocycles. The quantitative estimate of drug-likeness (QED) is 0.313. The number of phenols is 2. The van der Waals surface area contributed by atoms with Gasteiger partial charge in [-0.3, -0.25) is 4.57 Å². The van der Waals surface area contributed by atoms with Crippen molar-refractivity contribution in [3.63, 3.8) is 0 Å². The molecule has 0 amide bonds. The van der Waals surface area contributed by atoms with E-state index in [2.05, 4.69) is 41.5 Å². The Labute approximate surface area is 218 Å². The Hall–Kier alpha value is -1.81. The summed E-state index contributed by atoms with van der Waals surface area (Å²) in [7, 11) is -4.38. The molecule has 0 aliphatic heterocycles. The largest absolute Gasteiger partial charge is 0.507 e. The van der Waals surface area contributed by atoms with Gasteiger partial charge in [0.05, 0.1) is 6.16 Å². The van der Waals surface area contributed by atoms with Gasteiger partial charge in [-0.25, -0.2) is 0 Å². The van der Waals surface area contributed by atoms with Crippen LogP contribution in [0.5, 0.6) is 11.5 Å². The third kappa shape index (κ3) is 6.94. The monoisotopic (exact) mass is 518 g/mol. The van der Waals surface area contributed by atoms with Gasteiger partial charge in [0.25, 0.3) is 0 Å². The first kappa shape index (κ1) is 30.4. The van der Waals surface area contributed by atoms with Crippen molar-refractivity contribution in [1.29, 1.82) is 0 Å². The molecule has 2 aromatic carbocycles. The number of benzene rings is 2. The molecule has 0 aliphatic rings. The molecule has 0 heterocycles. The number of hydrogen-bond donors (Lipinski definition) is 4. The highest BCUT2D eigenvalue weighted by Gasteiger charge is 2.33. The fourth-order valence-corrected chi connectivity index (χ4v) is 5.58. The molecule has 4 N–H and O–H groups in total. The maximum atomic E-state index is 12.2. The van der Waals surface area contributed by atoms with Crippen molar-refractivity contribution in [2.75, 3.05) is 0 Å². The summed E-state index contributed by atoms with van der Waals surface area (Å²) >= 11 is 0. The van der Waals surface area contributed by atoms with Gasteiger partial charge in [0.2, 0.25) is 0 Å². The Kier molecular flexibility index (Phi) is 8.02. The molecular weight excluding hydrogens is 471 g/mol. The van der Waals surface area contributed by atoms with Gasteiger partial charge in [-0.15, -0.1) is 0 Å². The Balaban J connectivity index is 2.99. The second kappa shape index (κ2) is 9.49. The van der Waals surface area contributed by atoms with Gasteiger partial charge in [0.15, 0.2) is 0 Å². The van der Waals surface area contributed by atoms with Crippen LogP contribution in [0.4, 0.5) is 0 Å². The topological polar surface area (TPSA) is 98.0 Å². The predicted molar refractivity (Wildman–Crippen MR) is 150 cm³/mol. The highest BCUT2D eigenvalue weighted by molar-refractivity contribution is 7.50. The van der Waals surface area contributed by atoms with Crippen molar-refractivity contribution in [3.8, 4) is 11.5 Å². The molecule has 0 bridgehead atoms. The molecule has 0 radical (unpaired) electrons. The number of phenolic OH excluding ortho intramolecular Hbond substituents is 2. The van der Waals surface area contributed by atoms with Gasteiger partial charge in [-0.1, -0.05) is 101 Å². The van der Waals surface area contributed by atoms with E-state index in [4.69, 9.17) is 0 Å². The summed E-state index contributed by atoms with van der Waals surface area (Å²) < 4.78 is 12.2. The van der Waals surface area contributed by atoms with Crippen molar-refractivity contribution < 1.29 is 24.6 Å². The minimum Gasteiger partial charge on any atom is -0.507 e. The lowest BCUT2D eigenvalue weighted by Gasteiger charge is -2.32. The van der Waals surface area contributed by atoms with E-state index in [1.165, 1.54) is 0 Å². The van der Waals surface area contributed by atoms with E-state index in [-0.39, 0.29) is 22.3 Å². The van der Waals surface area contributed by atoms with Gasteiger partial charge in [0, 0.05) is 5.56 Å². The third-order valence-corrected chi connectivity index (χ3v) is 7.35. The summed E-state index contributed by atoms with van der Waals surface area (Å²) in [5.74, 6) is 0.474. The predicted octanol–water partition coefficient (Wildman–Crippen LogP) is 7.56. The summed E-state index contributed by atoms with van der Waals surface area (Å²) in [6, 6.07) is 5.76. The minimum atomic E-state index is -4.38. The molecule has 2 rings (SSSR count). The van der Waals surface area contributed by atoms with E-state index in [9.17, 15) is 24.6 Å². The van der Waals surface area contributed by atoms with E-state index in [0.717, 1.165) is 22.3 Å². The van der Waals surface area contributed by atoms with E-state index >= 15 is 0 Å². The van der Waals surface area contributed by atoms with Crippen LogP contribution in [0.15, 0.2) is 18.2 Å². The minimum absolute atomic E-state index is 0.185. The lowest BCUT2D eigenvalue weighted by molar-refractivity contribution is 0.371. The normalized spacial score (nSPS) is 13.8. The van der Waals surface area contributed by atoms with Crippen LogP contribution in [-0.4, -0.2) is 20.0 Å². The molecule has 0 fully saturated rings. The molecule has 2 aromatic rings. The number of aromatic hydroxyl groups is 2. The van der Waals surface area contributed by atoms with Crippen molar-refractivity contribution in [3.05, 3.63) is 57.1 Å². The van der Waals surface area contributed by atoms with Gasteiger partial charge in [-0.05, 0) is 61.5 Å². The van der Waals surface area contributed by atoms with Gasteiger partial charge in [0.1, 0.15) is 11.5 Å². The summed E-state index contributed by atoms with van der Waals surface area (Å²) in [5.41, 5.74) is 3.77. The first-order chi connectivity index (χ1) is 15.8. The maximum absolute atomic E-state index is 12.2.